The lowest BCUT2D eigenvalue weighted by molar-refractivity contribution is -0.122. The van der Waals surface area contributed by atoms with Gasteiger partial charge in [0.2, 0.25) is 5.91 Å². The molecule has 1 aromatic carbocycles. The molecule has 0 atom stereocenters. The predicted molar refractivity (Wildman–Crippen MR) is 75.2 cm³/mol. The van der Waals surface area contributed by atoms with Crippen LogP contribution in [0.15, 0.2) is 18.2 Å². The largest absolute Gasteiger partial charge is 0.496 e. The molecule has 2 N–H and O–H groups in total. The minimum Gasteiger partial charge on any atom is -0.496 e. The normalized spacial score (nSPS) is 14.2. The molecule has 1 saturated carbocycles. The first kappa shape index (κ1) is 13.9. The van der Waals surface area contributed by atoms with Gasteiger partial charge in [0.1, 0.15) is 5.75 Å². The van der Waals surface area contributed by atoms with Crippen LogP contribution in [0, 0.1) is 12.8 Å². The third-order valence-electron chi connectivity index (χ3n) is 3.30. The molecule has 0 bridgehead atoms. The zero-order valence-corrected chi connectivity index (χ0v) is 11.7. The van der Waals surface area contributed by atoms with E-state index in [2.05, 4.69) is 23.6 Å². The molecule has 1 aliphatic rings. The maximum Gasteiger partial charge on any atom is 0.223 e. The van der Waals surface area contributed by atoms with Crippen LogP contribution in [-0.2, 0) is 11.3 Å². The van der Waals surface area contributed by atoms with E-state index < -0.39 is 0 Å². The summed E-state index contributed by atoms with van der Waals surface area (Å²) in [7, 11) is 1.68. The third-order valence-corrected chi connectivity index (χ3v) is 3.30. The van der Waals surface area contributed by atoms with Gasteiger partial charge in [0.25, 0.3) is 0 Å². The molecule has 1 aliphatic carbocycles. The minimum absolute atomic E-state index is 0.204. The molecular formula is C15H22N2O2. The zero-order chi connectivity index (χ0) is 13.7. The Balaban J connectivity index is 1.69. The van der Waals surface area contributed by atoms with Crippen LogP contribution in [0.1, 0.15) is 24.0 Å². The fourth-order valence-electron chi connectivity index (χ4n) is 2.03. The Morgan fingerprint density at radius 3 is 2.84 bits per heavy atom. The predicted octanol–water partition coefficient (Wildman–Crippen LogP) is 1.62. The summed E-state index contributed by atoms with van der Waals surface area (Å²) in [6.45, 7) is 4.28. The molecule has 4 nitrogen and oxygen atoms in total. The van der Waals surface area contributed by atoms with Gasteiger partial charge in [-0.25, -0.2) is 0 Å². The van der Waals surface area contributed by atoms with E-state index in [0.29, 0.717) is 6.54 Å². The topological polar surface area (TPSA) is 50.4 Å². The summed E-state index contributed by atoms with van der Waals surface area (Å²) < 4.78 is 5.33. The van der Waals surface area contributed by atoms with Crippen LogP contribution < -0.4 is 15.4 Å². The number of ether oxygens (including phenoxy) is 1. The van der Waals surface area contributed by atoms with Crippen LogP contribution >= 0.6 is 0 Å². The molecule has 1 amide bonds. The molecule has 0 spiro atoms. The van der Waals surface area contributed by atoms with Gasteiger partial charge < -0.3 is 15.4 Å². The van der Waals surface area contributed by atoms with Gasteiger partial charge >= 0.3 is 0 Å². The Labute approximate surface area is 114 Å². The molecule has 1 aromatic rings. The van der Waals surface area contributed by atoms with E-state index in [4.69, 9.17) is 4.74 Å². The summed E-state index contributed by atoms with van der Waals surface area (Å²) in [4.78, 5) is 11.4. The number of benzene rings is 1. The van der Waals surface area contributed by atoms with E-state index in [9.17, 15) is 4.79 Å². The van der Waals surface area contributed by atoms with E-state index in [1.807, 2.05) is 12.1 Å². The van der Waals surface area contributed by atoms with Crippen molar-refractivity contribution in [2.24, 2.45) is 5.92 Å². The molecule has 104 valence electrons. The molecule has 1 fully saturated rings. The molecule has 0 aromatic heterocycles. The first-order valence-corrected chi connectivity index (χ1v) is 6.82. The van der Waals surface area contributed by atoms with Gasteiger partial charge in [0.15, 0.2) is 0 Å². The highest BCUT2D eigenvalue weighted by Gasteiger charge is 2.28. The number of aryl methyl sites for hydroxylation is 1. The number of hydrogen-bond acceptors (Lipinski definition) is 3. The van der Waals surface area contributed by atoms with Crippen LogP contribution in [0.5, 0.6) is 5.75 Å². The highest BCUT2D eigenvalue weighted by atomic mass is 16.5. The van der Waals surface area contributed by atoms with Crippen LogP contribution in [0.4, 0.5) is 0 Å². The Bertz CT molecular complexity index is 442. The standard InChI is InChI=1S/C15H22N2O2/c1-11-3-6-14(19-2)13(9-11)10-16-7-8-17-15(18)12-4-5-12/h3,6,9,12,16H,4-5,7-8,10H2,1-2H3,(H,17,18). The van der Waals surface area contributed by atoms with Gasteiger partial charge in [-0.05, 0) is 25.8 Å². The second kappa shape index (κ2) is 6.57. The van der Waals surface area contributed by atoms with Gasteiger partial charge in [0.05, 0.1) is 7.11 Å². The van der Waals surface area contributed by atoms with E-state index >= 15 is 0 Å². The van der Waals surface area contributed by atoms with Crippen LogP contribution in [0.3, 0.4) is 0 Å². The van der Waals surface area contributed by atoms with Crippen molar-refractivity contribution < 1.29 is 9.53 Å². The summed E-state index contributed by atoms with van der Waals surface area (Å²) in [5, 5.41) is 6.26. The highest BCUT2D eigenvalue weighted by molar-refractivity contribution is 5.80. The summed E-state index contributed by atoms with van der Waals surface area (Å²) in [5.74, 6) is 1.40. The molecule has 0 radical (unpaired) electrons. The summed E-state index contributed by atoms with van der Waals surface area (Å²) >= 11 is 0. The van der Waals surface area contributed by atoms with E-state index in [0.717, 1.165) is 37.2 Å². The lowest BCUT2D eigenvalue weighted by Crippen LogP contribution is -2.32. The van der Waals surface area contributed by atoms with Gasteiger partial charge in [-0.3, -0.25) is 4.79 Å². The smallest absolute Gasteiger partial charge is 0.223 e. The third kappa shape index (κ3) is 4.24. The van der Waals surface area contributed by atoms with Crippen molar-refractivity contribution in [3.05, 3.63) is 29.3 Å². The van der Waals surface area contributed by atoms with E-state index in [-0.39, 0.29) is 11.8 Å². The van der Waals surface area contributed by atoms with Crippen molar-refractivity contribution in [2.45, 2.75) is 26.3 Å². The second-order valence-electron chi connectivity index (χ2n) is 5.06. The lowest BCUT2D eigenvalue weighted by Gasteiger charge is -2.11. The molecule has 0 aliphatic heterocycles. The van der Waals surface area contributed by atoms with Crippen LogP contribution in [0.25, 0.3) is 0 Å². The fraction of sp³-hybridized carbons (Fsp3) is 0.533. The number of nitrogens with one attached hydrogen (secondary N) is 2. The number of hydrogen-bond donors (Lipinski definition) is 2. The van der Waals surface area contributed by atoms with E-state index in [1.165, 1.54) is 5.56 Å². The van der Waals surface area contributed by atoms with Crippen molar-refractivity contribution in [1.29, 1.82) is 0 Å². The molecular weight excluding hydrogens is 240 g/mol. The Kier molecular flexibility index (Phi) is 4.80. The summed E-state index contributed by atoms with van der Waals surface area (Å²) in [5.41, 5.74) is 2.37. The SMILES string of the molecule is COc1ccc(C)cc1CNCCNC(=O)C1CC1. The van der Waals surface area contributed by atoms with Crippen molar-refractivity contribution in [3.63, 3.8) is 0 Å². The van der Waals surface area contributed by atoms with Gasteiger partial charge in [-0.1, -0.05) is 17.7 Å². The molecule has 2 rings (SSSR count). The maximum absolute atomic E-state index is 11.4. The van der Waals surface area contributed by atoms with Crippen molar-refractivity contribution in [1.82, 2.24) is 10.6 Å². The van der Waals surface area contributed by atoms with Gasteiger partial charge in [0, 0.05) is 31.1 Å². The van der Waals surface area contributed by atoms with Crippen molar-refractivity contribution >= 4 is 5.91 Å². The molecule has 0 heterocycles. The molecule has 19 heavy (non-hydrogen) atoms. The van der Waals surface area contributed by atoms with Crippen molar-refractivity contribution in [3.8, 4) is 5.75 Å². The molecule has 0 unspecified atom stereocenters. The number of methoxy groups -OCH3 is 1. The average molecular weight is 262 g/mol. The maximum atomic E-state index is 11.4. The van der Waals surface area contributed by atoms with Gasteiger partial charge in [-0.2, -0.15) is 0 Å². The first-order valence-electron chi connectivity index (χ1n) is 6.82. The highest BCUT2D eigenvalue weighted by Crippen LogP contribution is 2.28. The molecule has 0 saturated heterocycles. The fourth-order valence-corrected chi connectivity index (χ4v) is 2.03. The van der Waals surface area contributed by atoms with Crippen LogP contribution in [0.2, 0.25) is 0 Å². The Morgan fingerprint density at radius 2 is 2.16 bits per heavy atom. The summed E-state index contributed by atoms with van der Waals surface area (Å²) in [6, 6.07) is 6.15. The average Bonchev–Trinajstić information content (AvgIpc) is 3.22. The minimum atomic E-state index is 0.204. The summed E-state index contributed by atoms with van der Waals surface area (Å²) in [6.07, 6.45) is 2.11. The quantitative estimate of drug-likeness (QED) is 0.734. The molecule has 4 heteroatoms. The van der Waals surface area contributed by atoms with Crippen molar-refractivity contribution in [2.75, 3.05) is 20.2 Å². The number of amides is 1. The van der Waals surface area contributed by atoms with Crippen LogP contribution in [-0.4, -0.2) is 26.1 Å². The van der Waals surface area contributed by atoms with Gasteiger partial charge in [-0.15, -0.1) is 0 Å². The number of carbonyl (C=O) groups is 1. The Hall–Kier alpha value is -1.55. The van der Waals surface area contributed by atoms with E-state index in [1.54, 1.807) is 7.11 Å². The second-order valence-corrected chi connectivity index (χ2v) is 5.06. The number of carbonyl (C=O) groups excluding carboxylic acids is 1. The monoisotopic (exact) mass is 262 g/mol. The zero-order valence-electron chi connectivity index (χ0n) is 11.7. The Morgan fingerprint density at radius 1 is 1.37 bits per heavy atom. The lowest BCUT2D eigenvalue weighted by atomic mass is 10.1. The first-order chi connectivity index (χ1) is 9.20. The number of rotatable bonds is 7.